The van der Waals surface area contributed by atoms with Crippen molar-refractivity contribution in [3.05, 3.63) is 66.2 Å². The number of nitrogens with zero attached hydrogens (tertiary/aromatic N) is 1. The average molecular weight is 425 g/mol. The van der Waals surface area contributed by atoms with Gasteiger partial charge in [0, 0.05) is 6.54 Å². The van der Waals surface area contributed by atoms with Crippen LogP contribution in [0.25, 0.3) is 0 Å². The van der Waals surface area contributed by atoms with Gasteiger partial charge in [0.05, 0.1) is 6.54 Å². The second-order valence-electron chi connectivity index (χ2n) is 5.13. The molecule has 0 aliphatic carbocycles. The van der Waals surface area contributed by atoms with E-state index in [0.29, 0.717) is 12.5 Å². The van der Waals surface area contributed by atoms with E-state index in [9.17, 15) is 0 Å². The van der Waals surface area contributed by atoms with Crippen LogP contribution in [0.15, 0.2) is 65.7 Å². The first-order valence-corrected chi connectivity index (χ1v) is 7.53. The monoisotopic (exact) mass is 425 g/mol. The lowest BCUT2D eigenvalue weighted by Gasteiger charge is -2.13. The van der Waals surface area contributed by atoms with Crippen LogP contribution >= 0.6 is 24.0 Å². The van der Waals surface area contributed by atoms with Gasteiger partial charge in [-0.15, -0.1) is 24.0 Å². The number of benzene rings is 2. The van der Waals surface area contributed by atoms with Gasteiger partial charge in [0.1, 0.15) is 11.9 Å². The molecule has 4 nitrogen and oxygen atoms in total. The fraction of sp³-hybridized carbons (Fsp3) is 0.278. The number of para-hydroxylation sites is 1. The molecule has 0 aromatic heterocycles. The maximum absolute atomic E-state index is 5.86. The third-order valence-electron chi connectivity index (χ3n) is 3.16. The van der Waals surface area contributed by atoms with Gasteiger partial charge >= 0.3 is 0 Å². The van der Waals surface area contributed by atoms with Crippen molar-refractivity contribution in [1.82, 2.24) is 5.32 Å². The van der Waals surface area contributed by atoms with Crippen LogP contribution in [0, 0.1) is 0 Å². The number of ether oxygens (including phenoxy) is 1. The highest BCUT2D eigenvalue weighted by molar-refractivity contribution is 14.0. The first kappa shape index (κ1) is 19.3. The number of aliphatic imine (C=N–C) groups is 1. The summed E-state index contributed by atoms with van der Waals surface area (Å²) in [5, 5.41) is 3.12. The van der Waals surface area contributed by atoms with Crippen molar-refractivity contribution in [2.45, 2.75) is 19.4 Å². The lowest BCUT2D eigenvalue weighted by atomic mass is 10.1. The Labute approximate surface area is 155 Å². The number of nitrogens with one attached hydrogen (secondary N) is 1. The summed E-state index contributed by atoms with van der Waals surface area (Å²) < 4.78 is 5.75. The molecule has 2 aromatic rings. The minimum atomic E-state index is -0.0168. The third kappa shape index (κ3) is 7.88. The SMILES string of the molecule is CC(CN=C(N)NCCc1ccccc1)Oc1ccccc1.I. The number of hydrogen-bond donors (Lipinski definition) is 2. The highest BCUT2D eigenvalue weighted by Gasteiger charge is 2.03. The smallest absolute Gasteiger partial charge is 0.188 e. The Morgan fingerprint density at radius 3 is 2.35 bits per heavy atom. The number of rotatable bonds is 7. The summed E-state index contributed by atoms with van der Waals surface area (Å²) in [4.78, 5) is 4.31. The molecule has 2 aromatic carbocycles. The molecule has 1 unspecified atom stereocenters. The molecule has 0 heterocycles. The van der Waals surface area contributed by atoms with E-state index < -0.39 is 0 Å². The van der Waals surface area contributed by atoms with E-state index in [-0.39, 0.29) is 30.1 Å². The van der Waals surface area contributed by atoms with Gasteiger partial charge in [-0.2, -0.15) is 0 Å². The zero-order valence-electron chi connectivity index (χ0n) is 13.3. The molecule has 5 heteroatoms. The Morgan fingerprint density at radius 1 is 1.09 bits per heavy atom. The quantitative estimate of drug-likeness (QED) is 0.407. The molecule has 0 spiro atoms. The van der Waals surface area contributed by atoms with Gasteiger partial charge in [0.25, 0.3) is 0 Å². The maximum atomic E-state index is 5.86. The van der Waals surface area contributed by atoms with Gasteiger partial charge in [-0.25, -0.2) is 4.99 Å². The van der Waals surface area contributed by atoms with Gasteiger partial charge < -0.3 is 15.8 Å². The summed E-state index contributed by atoms with van der Waals surface area (Å²) in [5.41, 5.74) is 7.14. The van der Waals surface area contributed by atoms with Crippen molar-refractivity contribution in [2.75, 3.05) is 13.1 Å². The molecule has 3 N–H and O–H groups in total. The molecule has 1 atom stereocenters. The summed E-state index contributed by atoms with van der Waals surface area (Å²) in [6.07, 6.45) is 0.907. The van der Waals surface area contributed by atoms with Gasteiger partial charge in [0.15, 0.2) is 5.96 Å². The van der Waals surface area contributed by atoms with Crippen LogP contribution in [-0.4, -0.2) is 25.2 Å². The van der Waals surface area contributed by atoms with Crippen molar-refractivity contribution in [3.63, 3.8) is 0 Å². The molecule has 2 rings (SSSR count). The van der Waals surface area contributed by atoms with Gasteiger partial charge in [0.2, 0.25) is 0 Å². The maximum Gasteiger partial charge on any atom is 0.188 e. The molecule has 0 amide bonds. The van der Waals surface area contributed by atoms with E-state index in [1.54, 1.807) is 0 Å². The second kappa shape index (κ2) is 10.9. The van der Waals surface area contributed by atoms with Crippen molar-refractivity contribution >= 4 is 29.9 Å². The molecule has 124 valence electrons. The Hall–Kier alpha value is -1.76. The third-order valence-corrected chi connectivity index (χ3v) is 3.16. The highest BCUT2D eigenvalue weighted by Crippen LogP contribution is 2.10. The van der Waals surface area contributed by atoms with Gasteiger partial charge in [-0.05, 0) is 31.0 Å². The normalized spacial score (nSPS) is 12.1. The molecule has 0 saturated heterocycles. The standard InChI is InChI=1S/C18H23N3O.HI/c1-15(22-17-10-6-3-7-11-17)14-21-18(19)20-13-12-16-8-4-2-5-9-16;/h2-11,15H,12-14H2,1H3,(H3,19,20,21);1H. The van der Waals surface area contributed by atoms with Crippen LogP contribution in [-0.2, 0) is 6.42 Å². The predicted molar refractivity (Wildman–Crippen MR) is 107 cm³/mol. The van der Waals surface area contributed by atoms with Crippen LogP contribution < -0.4 is 15.8 Å². The molecule has 0 fully saturated rings. The van der Waals surface area contributed by atoms with Crippen LogP contribution in [0.1, 0.15) is 12.5 Å². The summed E-state index contributed by atoms with van der Waals surface area (Å²) in [6, 6.07) is 20.0. The van der Waals surface area contributed by atoms with Crippen molar-refractivity contribution in [2.24, 2.45) is 10.7 Å². The lowest BCUT2D eigenvalue weighted by molar-refractivity contribution is 0.230. The largest absolute Gasteiger partial charge is 0.489 e. The van der Waals surface area contributed by atoms with Gasteiger partial charge in [-0.3, -0.25) is 0 Å². The molecular weight excluding hydrogens is 401 g/mol. The van der Waals surface area contributed by atoms with Crippen LogP contribution in [0.3, 0.4) is 0 Å². The summed E-state index contributed by atoms with van der Waals surface area (Å²) in [7, 11) is 0. The molecular formula is C18H24IN3O. The van der Waals surface area contributed by atoms with E-state index >= 15 is 0 Å². The van der Waals surface area contributed by atoms with Crippen molar-refractivity contribution in [3.8, 4) is 5.75 Å². The van der Waals surface area contributed by atoms with Crippen molar-refractivity contribution in [1.29, 1.82) is 0 Å². The minimum Gasteiger partial charge on any atom is -0.489 e. The second-order valence-corrected chi connectivity index (χ2v) is 5.13. The Bertz CT molecular complexity index is 575. The number of hydrogen-bond acceptors (Lipinski definition) is 2. The Morgan fingerprint density at radius 2 is 1.70 bits per heavy atom. The van der Waals surface area contributed by atoms with E-state index in [1.165, 1.54) is 5.56 Å². The molecule has 0 aliphatic rings. The summed E-state index contributed by atoms with van der Waals surface area (Å²) in [5.74, 6) is 1.31. The lowest BCUT2D eigenvalue weighted by Crippen LogP contribution is -2.34. The topological polar surface area (TPSA) is 59.6 Å². The first-order chi connectivity index (χ1) is 10.7. The summed E-state index contributed by atoms with van der Waals surface area (Å²) in [6.45, 7) is 3.28. The average Bonchev–Trinajstić information content (AvgIpc) is 2.55. The summed E-state index contributed by atoms with van der Waals surface area (Å²) >= 11 is 0. The van der Waals surface area contributed by atoms with E-state index in [1.807, 2.05) is 55.5 Å². The zero-order valence-corrected chi connectivity index (χ0v) is 15.6. The molecule has 0 aliphatic heterocycles. The first-order valence-electron chi connectivity index (χ1n) is 7.53. The van der Waals surface area contributed by atoms with Gasteiger partial charge in [-0.1, -0.05) is 48.5 Å². The molecule has 0 bridgehead atoms. The highest BCUT2D eigenvalue weighted by atomic mass is 127. The molecule has 0 radical (unpaired) electrons. The van der Waals surface area contributed by atoms with E-state index in [4.69, 9.17) is 10.5 Å². The van der Waals surface area contributed by atoms with Crippen LogP contribution in [0.2, 0.25) is 0 Å². The van der Waals surface area contributed by atoms with Crippen molar-refractivity contribution < 1.29 is 4.74 Å². The van der Waals surface area contributed by atoms with E-state index in [0.717, 1.165) is 18.7 Å². The number of nitrogens with two attached hydrogens (primary N) is 1. The van der Waals surface area contributed by atoms with E-state index in [2.05, 4.69) is 22.4 Å². The molecule has 23 heavy (non-hydrogen) atoms. The molecule has 0 saturated carbocycles. The predicted octanol–water partition coefficient (Wildman–Crippen LogP) is 3.22. The van der Waals surface area contributed by atoms with Crippen LogP contribution in [0.5, 0.6) is 5.75 Å². The fourth-order valence-electron chi connectivity index (χ4n) is 2.03. The zero-order chi connectivity index (χ0) is 15.6. The number of guanidine groups is 1. The Balaban J connectivity index is 0.00000264. The number of halogens is 1. The fourth-order valence-corrected chi connectivity index (χ4v) is 2.03. The van der Waals surface area contributed by atoms with Crippen LogP contribution in [0.4, 0.5) is 0 Å². The Kier molecular flexibility index (Phi) is 9.12. The minimum absolute atomic E-state index is 0.